The Labute approximate surface area is 164 Å². The third-order valence-corrected chi connectivity index (χ3v) is 4.86. The van der Waals surface area contributed by atoms with Crippen LogP contribution in [0.5, 0.6) is 5.75 Å². The predicted molar refractivity (Wildman–Crippen MR) is 106 cm³/mol. The minimum absolute atomic E-state index is 0.0623. The molecular weight excluding hydrogens is 364 g/mol. The number of amides is 2. The van der Waals surface area contributed by atoms with E-state index in [0.717, 1.165) is 24.3 Å². The van der Waals surface area contributed by atoms with Crippen LogP contribution in [0.15, 0.2) is 48.5 Å². The average molecular weight is 387 g/mol. The van der Waals surface area contributed by atoms with Crippen molar-refractivity contribution in [3.63, 3.8) is 0 Å². The van der Waals surface area contributed by atoms with Gasteiger partial charge in [-0.05, 0) is 68.3 Å². The van der Waals surface area contributed by atoms with Crippen LogP contribution in [0.2, 0.25) is 5.02 Å². The van der Waals surface area contributed by atoms with Crippen molar-refractivity contribution in [1.29, 1.82) is 0 Å². The van der Waals surface area contributed by atoms with Gasteiger partial charge >= 0.3 is 0 Å². The number of anilines is 1. The molecule has 0 aromatic heterocycles. The fraction of sp³-hybridized carbons (Fsp3) is 0.333. The van der Waals surface area contributed by atoms with Gasteiger partial charge in [-0.15, -0.1) is 0 Å². The van der Waals surface area contributed by atoms with Gasteiger partial charge in [-0.2, -0.15) is 0 Å². The third-order valence-electron chi connectivity index (χ3n) is 4.60. The molecule has 1 aliphatic rings. The van der Waals surface area contributed by atoms with Crippen molar-refractivity contribution in [3.8, 4) is 5.75 Å². The van der Waals surface area contributed by atoms with E-state index in [2.05, 4.69) is 5.32 Å². The van der Waals surface area contributed by atoms with Crippen LogP contribution in [0.25, 0.3) is 0 Å². The molecule has 1 saturated heterocycles. The minimum Gasteiger partial charge on any atom is -0.494 e. The van der Waals surface area contributed by atoms with Gasteiger partial charge in [0.05, 0.1) is 12.5 Å². The van der Waals surface area contributed by atoms with Crippen LogP contribution in [0.3, 0.4) is 0 Å². The molecule has 3 rings (SSSR count). The fourth-order valence-electron chi connectivity index (χ4n) is 3.20. The first-order valence-electron chi connectivity index (χ1n) is 9.15. The number of ether oxygens (including phenoxy) is 1. The van der Waals surface area contributed by atoms with Gasteiger partial charge in [0, 0.05) is 29.4 Å². The largest absolute Gasteiger partial charge is 0.494 e. The Balaban J connectivity index is 1.60. The number of carbonyl (C=O) groups excluding carboxylic acids is 2. The zero-order valence-corrected chi connectivity index (χ0v) is 16.0. The van der Waals surface area contributed by atoms with Crippen molar-refractivity contribution < 1.29 is 14.3 Å². The van der Waals surface area contributed by atoms with Crippen LogP contribution in [-0.2, 0) is 4.79 Å². The molecule has 0 aliphatic carbocycles. The Morgan fingerprint density at radius 2 is 1.85 bits per heavy atom. The molecule has 5 nitrogen and oxygen atoms in total. The molecule has 0 unspecified atom stereocenters. The second-order valence-corrected chi connectivity index (χ2v) is 6.98. The number of nitrogens with zero attached hydrogens (tertiary/aromatic N) is 1. The summed E-state index contributed by atoms with van der Waals surface area (Å²) >= 11 is 5.89. The molecule has 27 heavy (non-hydrogen) atoms. The Hall–Kier alpha value is -2.53. The lowest BCUT2D eigenvalue weighted by molar-refractivity contribution is -0.121. The van der Waals surface area contributed by atoms with Crippen LogP contribution in [-0.4, -0.2) is 36.4 Å². The van der Waals surface area contributed by atoms with Gasteiger partial charge < -0.3 is 15.0 Å². The predicted octanol–water partition coefficient (Wildman–Crippen LogP) is 4.23. The molecule has 6 heteroatoms. The molecule has 0 saturated carbocycles. The van der Waals surface area contributed by atoms with Crippen LogP contribution in [0, 0.1) is 5.92 Å². The molecular formula is C21H23ClN2O3. The van der Waals surface area contributed by atoms with E-state index in [-0.39, 0.29) is 17.7 Å². The molecule has 1 heterocycles. The summed E-state index contributed by atoms with van der Waals surface area (Å²) in [5.74, 6) is 0.424. The third kappa shape index (κ3) is 5.01. The highest BCUT2D eigenvalue weighted by molar-refractivity contribution is 6.30. The number of hydrogen-bond acceptors (Lipinski definition) is 3. The highest BCUT2D eigenvalue weighted by Crippen LogP contribution is 2.22. The van der Waals surface area contributed by atoms with Crippen molar-refractivity contribution in [2.24, 2.45) is 5.92 Å². The van der Waals surface area contributed by atoms with Crippen molar-refractivity contribution in [3.05, 3.63) is 59.1 Å². The maximum atomic E-state index is 12.7. The van der Waals surface area contributed by atoms with Gasteiger partial charge in [0.2, 0.25) is 5.91 Å². The first-order valence-corrected chi connectivity index (χ1v) is 9.53. The number of halogens is 1. The van der Waals surface area contributed by atoms with Gasteiger partial charge in [-0.25, -0.2) is 0 Å². The van der Waals surface area contributed by atoms with E-state index in [9.17, 15) is 9.59 Å². The molecule has 0 spiro atoms. The summed E-state index contributed by atoms with van der Waals surface area (Å²) in [6.07, 6.45) is 1.58. The summed E-state index contributed by atoms with van der Waals surface area (Å²) in [5, 5.41) is 3.53. The first-order chi connectivity index (χ1) is 13.1. The van der Waals surface area contributed by atoms with Gasteiger partial charge in [0.1, 0.15) is 5.75 Å². The number of carbonyl (C=O) groups is 2. The van der Waals surface area contributed by atoms with Gasteiger partial charge in [0.25, 0.3) is 5.91 Å². The highest BCUT2D eigenvalue weighted by Gasteiger charge is 2.29. The van der Waals surface area contributed by atoms with E-state index in [1.165, 1.54) is 0 Å². The lowest BCUT2D eigenvalue weighted by atomic mass is 9.96. The smallest absolute Gasteiger partial charge is 0.253 e. The molecule has 1 aliphatic heterocycles. The summed E-state index contributed by atoms with van der Waals surface area (Å²) in [4.78, 5) is 27.0. The minimum atomic E-state index is -0.221. The lowest BCUT2D eigenvalue weighted by Crippen LogP contribution is -2.43. The zero-order chi connectivity index (χ0) is 19.2. The van der Waals surface area contributed by atoms with Crippen molar-refractivity contribution in [1.82, 2.24) is 4.90 Å². The summed E-state index contributed by atoms with van der Waals surface area (Å²) in [7, 11) is 0. The van der Waals surface area contributed by atoms with Crippen LogP contribution in [0.1, 0.15) is 30.1 Å². The molecule has 0 bridgehead atoms. The molecule has 142 valence electrons. The van der Waals surface area contributed by atoms with Crippen molar-refractivity contribution in [2.75, 3.05) is 25.0 Å². The highest BCUT2D eigenvalue weighted by atomic mass is 35.5. The number of likely N-dealkylation sites (tertiary alicyclic amines) is 1. The number of nitrogens with one attached hydrogen (secondary N) is 1. The number of hydrogen-bond donors (Lipinski definition) is 1. The van der Waals surface area contributed by atoms with E-state index >= 15 is 0 Å². The maximum absolute atomic E-state index is 12.7. The van der Waals surface area contributed by atoms with E-state index in [4.69, 9.17) is 16.3 Å². The molecule has 1 N–H and O–H groups in total. The van der Waals surface area contributed by atoms with E-state index in [1.807, 2.05) is 31.2 Å². The van der Waals surface area contributed by atoms with Crippen LogP contribution < -0.4 is 10.1 Å². The summed E-state index contributed by atoms with van der Waals surface area (Å²) in [6, 6.07) is 14.1. The molecule has 1 atom stereocenters. The number of rotatable bonds is 5. The SMILES string of the molecule is CCOc1ccc(NC(=O)[C@H]2CCCN(C(=O)c3ccc(Cl)cc3)C2)cc1. The Morgan fingerprint density at radius 1 is 1.15 bits per heavy atom. The van der Waals surface area contributed by atoms with Gasteiger partial charge in [-0.3, -0.25) is 9.59 Å². The van der Waals surface area contributed by atoms with Crippen LogP contribution >= 0.6 is 11.6 Å². The topological polar surface area (TPSA) is 58.6 Å². The standard InChI is InChI=1S/C21H23ClN2O3/c1-2-27-19-11-9-18(10-12-19)23-20(25)16-4-3-13-24(14-16)21(26)15-5-7-17(22)8-6-15/h5-12,16H,2-4,13-14H2,1H3,(H,23,25)/t16-/m0/s1. The summed E-state index contributed by atoms with van der Waals surface area (Å²) in [5.41, 5.74) is 1.32. The first kappa shape index (κ1) is 19.2. The Morgan fingerprint density at radius 3 is 2.52 bits per heavy atom. The van der Waals surface area contributed by atoms with E-state index in [1.54, 1.807) is 29.2 Å². The van der Waals surface area contributed by atoms with E-state index < -0.39 is 0 Å². The normalized spacial score (nSPS) is 16.7. The number of benzene rings is 2. The maximum Gasteiger partial charge on any atom is 0.253 e. The molecule has 0 radical (unpaired) electrons. The van der Waals surface area contributed by atoms with Crippen molar-refractivity contribution in [2.45, 2.75) is 19.8 Å². The molecule has 1 fully saturated rings. The summed E-state index contributed by atoms with van der Waals surface area (Å²) < 4.78 is 5.41. The molecule has 2 aromatic carbocycles. The van der Waals surface area contributed by atoms with E-state index in [0.29, 0.717) is 30.3 Å². The Kier molecular flexibility index (Phi) is 6.35. The molecule has 2 amide bonds. The fourth-order valence-corrected chi connectivity index (χ4v) is 3.32. The summed E-state index contributed by atoms with van der Waals surface area (Å²) in [6.45, 7) is 3.61. The lowest BCUT2D eigenvalue weighted by Gasteiger charge is -2.32. The Bertz CT molecular complexity index is 790. The quantitative estimate of drug-likeness (QED) is 0.836. The average Bonchev–Trinajstić information content (AvgIpc) is 2.70. The number of piperidine rings is 1. The zero-order valence-electron chi connectivity index (χ0n) is 15.3. The second kappa shape index (κ2) is 8.91. The second-order valence-electron chi connectivity index (χ2n) is 6.54. The van der Waals surface area contributed by atoms with Gasteiger partial charge in [-0.1, -0.05) is 11.6 Å². The molecule has 2 aromatic rings. The monoisotopic (exact) mass is 386 g/mol. The van der Waals surface area contributed by atoms with Gasteiger partial charge in [0.15, 0.2) is 0 Å². The van der Waals surface area contributed by atoms with Crippen molar-refractivity contribution >= 4 is 29.1 Å². The van der Waals surface area contributed by atoms with Crippen LogP contribution in [0.4, 0.5) is 5.69 Å².